The van der Waals surface area contributed by atoms with E-state index in [0.717, 1.165) is 12.8 Å². The average Bonchev–Trinajstić information content (AvgIpc) is 3.74. The molecule has 11 aliphatic rings. The zero-order valence-electron chi connectivity index (χ0n) is 33.6. The number of aliphatic hydroxyl groups is 6. The van der Waals surface area contributed by atoms with Crippen LogP contribution in [0.2, 0.25) is 0 Å². The summed E-state index contributed by atoms with van der Waals surface area (Å²) in [5.74, 6) is 0.413. The summed E-state index contributed by atoms with van der Waals surface area (Å²) in [5, 5.41) is 77.5. The Hall–Kier alpha value is -2.22. The molecule has 6 fully saturated rings. The van der Waals surface area contributed by atoms with Gasteiger partial charge in [-0.3, -0.25) is 14.9 Å². The second-order valence-electron chi connectivity index (χ2n) is 20.2. The molecule has 11 rings (SSSR count). The number of nitrogens with one attached hydrogen (secondary N) is 1. The van der Waals surface area contributed by atoms with Crippen molar-refractivity contribution in [3.05, 3.63) is 23.3 Å². The Morgan fingerprint density at radius 2 is 1.79 bits per heavy atom. The number of Topliss-reactive ketones (excluding diaryl/α,β-unsaturated/α-hetero) is 1. The van der Waals surface area contributed by atoms with Crippen LogP contribution in [-0.4, -0.2) is 134 Å². The molecule has 5 heterocycles. The van der Waals surface area contributed by atoms with Crippen molar-refractivity contribution < 1.29 is 54.4 Å². The van der Waals surface area contributed by atoms with Crippen LogP contribution in [0.3, 0.4) is 0 Å². The van der Waals surface area contributed by atoms with Gasteiger partial charge in [-0.1, -0.05) is 25.8 Å². The third kappa shape index (κ3) is 4.72. The Bertz CT molecular complexity index is 1890. The number of ketones is 1. The van der Waals surface area contributed by atoms with Crippen LogP contribution in [-0.2, 0) is 23.8 Å². The molecule has 0 aromatic heterocycles. The van der Waals surface area contributed by atoms with Gasteiger partial charge in [0, 0.05) is 74.9 Å². The Kier molecular flexibility index (Phi) is 8.49. The van der Waals surface area contributed by atoms with Crippen LogP contribution in [0.1, 0.15) is 85.0 Å². The van der Waals surface area contributed by atoms with E-state index in [4.69, 9.17) is 14.2 Å². The molecule has 6 aliphatic carbocycles. The number of rotatable bonds is 6. The predicted molar refractivity (Wildman–Crippen MR) is 202 cm³/mol. The van der Waals surface area contributed by atoms with Gasteiger partial charge in [-0.15, -0.1) is 5.92 Å². The fourth-order valence-corrected chi connectivity index (χ4v) is 14.8. The summed E-state index contributed by atoms with van der Waals surface area (Å²) in [6, 6.07) is -0.996. The van der Waals surface area contributed by atoms with Gasteiger partial charge < -0.3 is 49.7 Å². The number of hydrogen-bond acceptors (Lipinski definition) is 12. The smallest absolute Gasteiger partial charge is 0.240 e. The van der Waals surface area contributed by atoms with E-state index in [0.29, 0.717) is 75.9 Å². The van der Waals surface area contributed by atoms with E-state index in [2.05, 4.69) is 24.1 Å². The van der Waals surface area contributed by atoms with Gasteiger partial charge in [-0.2, -0.15) is 0 Å². The van der Waals surface area contributed by atoms with Crippen LogP contribution >= 0.6 is 0 Å². The zero-order valence-corrected chi connectivity index (χ0v) is 33.6. The third-order valence-corrected chi connectivity index (χ3v) is 18.0. The van der Waals surface area contributed by atoms with E-state index in [1.807, 2.05) is 6.92 Å². The van der Waals surface area contributed by atoms with Crippen molar-refractivity contribution in [2.45, 2.75) is 138 Å². The molecule has 13 heteroatoms. The van der Waals surface area contributed by atoms with E-state index < -0.39 is 93.4 Å². The molecule has 0 aromatic carbocycles. The molecule has 3 saturated carbocycles. The SMILES string of the molecule is COCCCO[C@H]1CC[C@@]2(C)[C@@H](C1)C(=O)C1=C3[C@@]24C#CC[C@@H]2CN2C(=O)[C@@H]2N[C@]5(O)C=C[C@H]2[C@@H]2[C@@H](CO)[C@H](O[C@@H]25)C(O)(O)[C@@](C)(O)[C@H]2C[C@H](CC1)[C@]3(O)[C@]2(C)CC4. The number of piperidine rings is 1. The quantitative estimate of drug-likeness (QED) is 0.0662. The summed E-state index contributed by atoms with van der Waals surface area (Å²) in [6.07, 6.45) is 5.91. The Labute approximate surface area is 334 Å². The van der Waals surface area contributed by atoms with Crippen LogP contribution in [0.4, 0.5) is 0 Å². The second-order valence-corrected chi connectivity index (χ2v) is 20.2. The first-order chi connectivity index (χ1) is 26.9. The number of nitrogens with zero attached hydrogens (tertiary/aromatic N) is 1. The lowest BCUT2D eigenvalue weighted by atomic mass is 9.37. The number of carbonyl (C=O) groups is 2. The standard InChI is InChI=1S/C44H60N2O11/c1-38-13-10-25(56-18-6-17-55-4)20-29(38)33(48)27-9-8-23-19-30-39(2)15-16-41(38,34(27)43(23,39)52)12-5-7-24-21-46(24)37(49)32-26-11-14-42(51,45-32)36-31(26)28(22-47)35(57-36)44(53,54)40(30,3)50/h11,14,23-26,28-32,35-36,45,47,50-54H,6-10,13,15-22H2,1-4H3/t23-,24+,25-,26-,28+,29-,30-,31+,32+,35-,36-,38-,39+,40-,41-,42-,43+,46?/m0/s1. The van der Waals surface area contributed by atoms with Gasteiger partial charge in [-0.05, 0) is 93.3 Å². The predicted octanol–water partition coefficient (Wildman–Crippen LogP) is 0.930. The lowest BCUT2D eigenvalue weighted by Gasteiger charge is -2.67. The van der Waals surface area contributed by atoms with Gasteiger partial charge in [0.2, 0.25) is 11.7 Å². The monoisotopic (exact) mass is 792 g/mol. The number of fused-ring (bicyclic) bond motifs is 3. The largest absolute Gasteiger partial charge is 0.396 e. The summed E-state index contributed by atoms with van der Waals surface area (Å²) >= 11 is 0. The molecule has 13 nitrogen and oxygen atoms in total. The zero-order chi connectivity index (χ0) is 40.3. The molecular formula is C44H60N2O11. The molecular weight excluding hydrogens is 732 g/mol. The van der Waals surface area contributed by atoms with Crippen LogP contribution in [0, 0.1) is 63.6 Å². The first-order valence-corrected chi connectivity index (χ1v) is 21.5. The van der Waals surface area contributed by atoms with Crippen LogP contribution in [0.15, 0.2) is 23.3 Å². The highest BCUT2D eigenvalue weighted by atomic mass is 16.6. The highest BCUT2D eigenvalue weighted by Gasteiger charge is 2.79. The van der Waals surface area contributed by atoms with Crippen molar-refractivity contribution in [3.63, 3.8) is 0 Å². The lowest BCUT2D eigenvalue weighted by molar-refractivity contribution is -0.346. The molecule has 312 valence electrons. The highest BCUT2D eigenvalue weighted by Crippen LogP contribution is 2.77. The van der Waals surface area contributed by atoms with Crippen molar-refractivity contribution in [1.82, 2.24) is 10.2 Å². The number of amides is 1. The van der Waals surface area contributed by atoms with Crippen molar-refractivity contribution in [3.8, 4) is 11.8 Å². The maximum absolute atomic E-state index is 15.0. The first kappa shape index (κ1) is 38.9. The van der Waals surface area contributed by atoms with Gasteiger partial charge in [0.1, 0.15) is 17.8 Å². The summed E-state index contributed by atoms with van der Waals surface area (Å²) in [4.78, 5) is 31.0. The van der Waals surface area contributed by atoms with Crippen molar-refractivity contribution in [1.29, 1.82) is 0 Å². The summed E-state index contributed by atoms with van der Waals surface area (Å²) < 4.78 is 18.0. The Morgan fingerprint density at radius 1 is 1.00 bits per heavy atom. The Balaban J connectivity index is 1.12. The third-order valence-electron chi connectivity index (χ3n) is 18.0. The minimum Gasteiger partial charge on any atom is -0.396 e. The fourth-order valence-electron chi connectivity index (χ4n) is 14.8. The van der Waals surface area contributed by atoms with Crippen LogP contribution < -0.4 is 5.32 Å². The molecule has 0 spiro atoms. The van der Waals surface area contributed by atoms with E-state index in [1.165, 1.54) is 6.92 Å². The maximum atomic E-state index is 15.0. The van der Waals surface area contributed by atoms with Gasteiger partial charge in [0.25, 0.3) is 0 Å². The van der Waals surface area contributed by atoms with Crippen LogP contribution in [0.25, 0.3) is 0 Å². The lowest BCUT2D eigenvalue weighted by Crippen LogP contribution is -2.71. The van der Waals surface area contributed by atoms with Gasteiger partial charge in [-0.25, -0.2) is 0 Å². The van der Waals surface area contributed by atoms with Gasteiger partial charge in [0.05, 0.1) is 29.2 Å². The fraction of sp³-hybridized carbons (Fsp3) is 0.818. The van der Waals surface area contributed by atoms with Gasteiger partial charge >= 0.3 is 0 Å². The highest BCUT2D eigenvalue weighted by molar-refractivity contribution is 6.01. The van der Waals surface area contributed by atoms with E-state index in [9.17, 15) is 35.4 Å². The molecule has 57 heavy (non-hydrogen) atoms. The molecule has 5 aliphatic heterocycles. The number of ether oxygens (including phenoxy) is 3. The first-order valence-electron chi connectivity index (χ1n) is 21.5. The molecule has 9 bridgehead atoms. The average molecular weight is 793 g/mol. The van der Waals surface area contributed by atoms with Crippen molar-refractivity contribution in [2.75, 3.05) is 33.5 Å². The molecule has 0 radical (unpaired) electrons. The minimum atomic E-state index is -2.96. The molecule has 3 saturated heterocycles. The molecule has 0 unspecified atom stereocenters. The number of carbonyl (C=O) groups excluding carboxylic acids is 2. The molecule has 17 atom stereocenters. The Morgan fingerprint density at radius 3 is 2.54 bits per heavy atom. The number of allylic oxidation sites excluding steroid dienone is 1. The number of aliphatic hydroxyl groups excluding tert-OH is 1. The number of methoxy groups -OCH3 is 1. The molecule has 1 amide bonds. The second kappa shape index (κ2) is 12.4. The van der Waals surface area contributed by atoms with E-state index in [-0.39, 0.29) is 36.2 Å². The summed E-state index contributed by atoms with van der Waals surface area (Å²) in [6.45, 7) is 6.60. The van der Waals surface area contributed by atoms with Crippen molar-refractivity contribution >= 4 is 11.7 Å². The van der Waals surface area contributed by atoms with E-state index >= 15 is 4.79 Å². The summed E-state index contributed by atoms with van der Waals surface area (Å²) in [7, 11) is 1.67. The molecule has 0 aromatic rings. The summed E-state index contributed by atoms with van der Waals surface area (Å²) in [5.41, 5.74) is -7.02. The normalized spacial score (nSPS) is 53.6. The minimum absolute atomic E-state index is 0.0431. The molecule has 7 N–H and O–H groups in total. The van der Waals surface area contributed by atoms with Crippen molar-refractivity contribution in [2.24, 2.45) is 51.8 Å². The van der Waals surface area contributed by atoms with Gasteiger partial charge in [0.15, 0.2) is 11.5 Å². The van der Waals surface area contributed by atoms with Crippen LogP contribution in [0.5, 0.6) is 0 Å². The topological polar surface area (TPSA) is 198 Å². The number of hydrogen-bond donors (Lipinski definition) is 7. The van der Waals surface area contributed by atoms with E-state index in [1.54, 1.807) is 24.2 Å². The maximum Gasteiger partial charge on any atom is 0.240 e.